The molecule has 1 heterocycles. The standard InChI is InChI=1S/C16H24N2O/c1-14-8-6-7-11-18(14)12-13-19-17-15(2)16-9-4-3-5-10-16/h3-5,9-10,14H,6-8,11-13H2,1-2H3/b17-15+. The maximum Gasteiger partial charge on any atom is 0.129 e. The quantitative estimate of drug-likeness (QED) is 0.461. The molecule has 104 valence electrons. The van der Waals surface area contributed by atoms with Crippen molar-refractivity contribution in [2.45, 2.75) is 39.2 Å². The molecule has 2 rings (SSSR count). The summed E-state index contributed by atoms with van der Waals surface area (Å²) in [4.78, 5) is 7.94. The van der Waals surface area contributed by atoms with Crippen molar-refractivity contribution in [3.05, 3.63) is 35.9 Å². The Labute approximate surface area is 116 Å². The van der Waals surface area contributed by atoms with Crippen LogP contribution < -0.4 is 0 Å². The molecule has 1 aliphatic heterocycles. The summed E-state index contributed by atoms with van der Waals surface area (Å²) in [5.41, 5.74) is 2.06. The second kappa shape index (κ2) is 7.29. The van der Waals surface area contributed by atoms with Gasteiger partial charge in [-0.1, -0.05) is 41.9 Å². The molecule has 1 aliphatic rings. The minimum atomic E-state index is 0.675. The number of hydrogen-bond donors (Lipinski definition) is 0. The summed E-state index contributed by atoms with van der Waals surface area (Å²) in [7, 11) is 0. The van der Waals surface area contributed by atoms with Gasteiger partial charge in [-0.15, -0.1) is 0 Å². The molecule has 3 heteroatoms. The second-order valence-electron chi connectivity index (χ2n) is 5.26. The predicted octanol–water partition coefficient (Wildman–Crippen LogP) is 3.30. The summed E-state index contributed by atoms with van der Waals surface area (Å²) in [6, 6.07) is 10.8. The van der Waals surface area contributed by atoms with Crippen LogP contribution >= 0.6 is 0 Å². The fraction of sp³-hybridized carbons (Fsp3) is 0.562. The Morgan fingerprint density at radius 3 is 2.84 bits per heavy atom. The molecule has 19 heavy (non-hydrogen) atoms. The minimum Gasteiger partial charge on any atom is -0.394 e. The van der Waals surface area contributed by atoms with Crippen LogP contribution in [0.5, 0.6) is 0 Å². The molecule has 3 nitrogen and oxygen atoms in total. The van der Waals surface area contributed by atoms with E-state index in [9.17, 15) is 0 Å². The molecule has 0 amide bonds. The number of likely N-dealkylation sites (tertiary alicyclic amines) is 1. The van der Waals surface area contributed by atoms with Crippen LogP contribution in [0, 0.1) is 0 Å². The van der Waals surface area contributed by atoms with Gasteiger partial charge in [-0.25, -0.2) is 0 Å². The van der Waals surface area contributed by atoms with Gasteiger partial charge in [-0.2, -0.15) is 0 Å². The van der Waals surface area contributed by atoms with Crippen LogP contribution in [0.25, 0.3) is 0 Å². The van der Waals surface area contributed by atoms with E-state index < -0.39 is 0 Å². The predicted molar refractivity (Wildman–Crippen MR) is 79.5 cm³/mol. The summed E-state index contributed by atoms with van der Waals surface area (Å²) in [6.45, 7) is 7.14. The highest BCUT2D eigenvalue weighted by Crippen LogP contribution is 2.15. The number of nitrogens with zero attached hydrogens (tertiary/aromatic N) is 2. The molecule has 0 aliphatic carbocycles. The Morgan fingerprint density at radius 1 is 1.32 bits per heavy atom. The fourth-order valence-electron chi connectivity index (χ4n) is 2.52. The number of oxime groups is 1. The highest BCUT2D eigenvalue weighted by atomic mass is 16.6. The molecular weight excluding hydrogens is 236 g/mol. The number of benzene rings is 1. The third-order valence-electron chi connectivity index (χ3n) is 3.80. The molecule has 1 saturated heterocycles. The van der Waals surface area contributed by atoms with Crippen LogP contribution in [0.1, 0.15) is 38.7 Å². The molecule has 0 saturated carbocycles. The van der Waals surface area contributed by atoms with E-state index in [4.69, 9.17) is 4.84 Å². The smallest absolute Gasteiger partial charge is 0.129 e. The van der Waals surface area contributed by atoms with Crippen LogP contribution in [-0.4, -0.2) is 36.3 Å². The van der Waals surface area contributed by atoms with E-state index >= 15 is 0 Å². The van der Waals surface area contributed by atoms with Crippen LogP contribution in [0.4, 0.5) is 0 Å². The number of piperidine rings is 1. The van der Waals surface area contributed by atoms with Crippen molar-refractivity contribution in [1.82, 2.24) is 4.90 Å². The van der Waals surface area contributed by atoms with Crippen molar-refractivity contribution in [3.8, 4) is 0 Å². The van der Waals surface area contributed by atoms with Crippen molar-refractivity contribution in [3.63, 3.8) is 0 Å². The van der Waals surface area contributed by atoms with Gasteiger partial charge in [0.15, 0.2) is 0 Å². The van der Waals surface area contributed by atoms with E-state index in [0.29, 0.717) is 12.6 Å². The zero-order valence-corrected chi connectivity index (χ0v) is 12.0. The maximum atomic E-state index is 5.45. The molecule has 0 aromatic heterocycles. The van der Waals surface area contributed by atoms with Crippen molar-refractivity contribution in [2.75, 3.05) is 19.7 Å². The van der Waals surface area contributed by atoms with Gasteiger partial charge in [0.1, 0.15) is 6.61 Å². The third-order valence-corrected chi connectivity index (χ3v) is 3.80. The molecule has 1 unspecified atom stereocenters. The lowest BCUT2D eigenvalue weighted by Crippen LogP contribution is -2.39. The summed E-state index contributed by atoms with van der Waals surface area (Å²) in [5, 5.41) is 4.19. The largest absolute Gasteiger partial charge is 0.394 e. The van der Waals surface area contributed by atoms with Crippen LogP contribution in [0.2, 0.25) is 0 Å². The summed E-state index contributed by atoms with van der Waals surface area (Å²) in [5.74, 6) is 0. The Morgan fingerprint density at radius 2 is 2.11 bits per heavy atom. The Hall–Kier alpha value is -1.35. The van der Waals surface area contributed by atoms with Crippen molar-refractivity contribution < 1.29 is 4.84 Å². The van der Waals surface area contributed by atoms with Gasteiger partial charge < -0.3 is 4.84 Å². The molecular formula is C16H24N2O. The number of hydrogen-bond acceptors (Lipinski definition) is 3. The molecule has 0 N–H and O–H groups in total. The van der Waals surface area contributed by atoms with Crippen LogP contribution in [0.3, 0.4) is 0 Å². The van der Waals surface area contributed by atoms with Gasteiger partial charge in [0.2, 0.25) is 0 Å². The highest BCUT2D eigenvalue weighted by Gasteiger charge is 2.17. The average molecular weight is 260 g/mol. The first-order valence-corrected chi connectivity index (χ1v) is 7.23. The first-order chi connectivity index (χ1) is 9.27. The van der Waals surface area contributed by atoms with Gasteiger partial charge >= 0.3 is 0 Å². The molecule has 0 spiro atoms. The fourth-order valence-corrected chi connectivity index (χ4v) is 2.52. The van der Waals surface area contributed by atoms with Gasteiger partial charge in [-0.3, -0.25) is 4.90 Å². The summed E-state index contributed by atoms with van der Waals surface area (Å²) >= 11 is 0. The lowest BCUT2D eigenvalue weighted by Gasteiger charge is -2.32. The maximum absolute atomic E-state index is 5.45. The first kappa shape index (κ1) is 14.1. The summed E-state index contributed by atoms with van der Waals surface area (Å²) in [6.07, 6.45) is 3.99. The van der Waals surface area contributed by atoms with Crippen LogP contribution in [0.15, 0.2) is 35.5 Å². The zero-order chi connectivity index (χ0) is 13.5. The van der Waals surface area contributed by atoms with E-state index in [0.717, 1.165) is 17.8 Å². The van der Waals surface area contributed by atoms with E-state index in [2.05, 4.69) is 29.1 Å². The van der Waals surface area contributed by atoms with Crippen molar-refractivity contribution in [1.29, 1.82) is 0 Å². The van der Waals surface area contributed by atoms with E-state index in [-0.39, 0.29) is 0 Å². The zero-order valence-electron chi connectivity index (χ0n) is 12.0. The highest BCUT2D eigenvalue weighted by molar-refractivity contribution is 5.98. The monoisotopic (exact) mass is 260 g/mol. The van der Waals surface area contributed by atoms with E-state index in [1.54, 1.807) is 0 Å². The molecule has 1 aromatic rings. The van der Waals surface area contributed by atoms with Gasteiger partial charge in [0.05, 0.1) is 5.71 Å². The third kappa shape index (κ3) is 4.35. The van der Waals surface area contributed by atoms with E-state index in [1.165, 1.54) is 25.8 Å². The van der Waals surface area contributed by atoms with Gasteiger partial charge in [0, 0.05) is 12.6 Å². The number of rotatable bonds is 5. The SMILES string of the molecule is C/C(=N\OCCN1CCCCC1C)c1ccccc1. The van der Waals surface area contributed by atoms with Crippen LogP contribution in [-0.2, 0) is 4.84 Å². The molecule has 1 fully saturated rings. The second-order valence-corrected chi connectivity index (χ2v) is 5.26. The molecule has 0 radical (unpaired) electrons. The van der Waals surface area contributed by atoms with Gasteiger partial charge in [0.25, 0.3) is 0 Å². The molecule has 1 aromatic carbocycles. The van der Waals surface area contributed by atoms with E-state index in [1.807, 2.05) is 25.1 Å². The minimum absolute atomic E-state index is 0.675. The van der Waals surface area contributed by atoms with Crippen molar-refractivity contribution in [2.24, 2.45) is 5.16 Å². The molecule has 1 atom stereocenters. The topological polar surface area (TPSA) is 24.8 Å². The Balaban J connectivity index is 1.74. The molecule has 0 bridgehead atoms. The Kier molecular flexibility index (Phi) is 5.40. The summed E-state index contributed by atoms with van der Waals surface area (Å²) < 4.78 is 0. The lowest BCUT2D eigenvalue weighted by molar-refractivity contribution is 0.0806. The lowest BCUT2D eigenvalue weighted by atomic mass is 10.0. The first-order valence-electron chi connectivity index (χ1n) is 7.23. The average Bonchev–Trinajstić information content (AvgIpc) is 2.46. The van der Waals surface area contributed by atoms with Crippen molar-refractivity contribution >= 4 is 5.71 Å². The Bertz CT molecular complexity index is 402. The van der Waals surface area contributed by atoms with Gasteiger partial charge in [-0.05, 0) is 38.8 Å². The normalized spacial score (nSPS) is 21.4.